The molecule has 1 fully saturated rings. The minimum atomic E-state index is -0.542. The molecule has 0 spiro atoms. The number of piperidine rings is 1. The van der Waals surface area contributed by atoms with Crippen LogP contribution in [0.15, 0.2) is 30.5 Å². The van der Waals surface area contributed by atoms with Crippen LogP contribution in [-0.4, -0.2) is 29.4 Å². The number of carbonyl (C=O) groups excluding carboxylic acids is 2. The van der Waals surface area contributed by atoms with E-state index in [1.165, 1.54) is 10.9 Å². The second kappa shape index (κ2) is 6.22. The van der Waals surface area contributed by atoms with E-state index < -0.39 is 5.92 Å². The first-order valence-corrected chi connectivity index (χ1v) is 7.78. The van der Waals surface area contributed by atoms with Crippen molar-refractivity contribution in [3.8, 4) is 0 Å². The molecule has 2 aromatic rings. The van der Waals surface area contributed by atoms with Gasteiger partial charge in [-0.3, -0.25) is 9.59 Å². The molecular formula is C17H21N3O2. The van der Waals surface area contributed by atoms with Crippen molar-refractivity contribution in [1.82, 2.24) is 15.6 Å². The van der Waals surface area contributed by atoms with E-state index in [0.717, 1.165) is 18.4 Å². The Labute approximate surface area is 129 Å². The molecule has 3 rings (SSSR count). The topological polar surface area (TPSA) is 74.0 Å². The van der Waals surface area contributed by atoms with E-state index in [0.29, 0.717) is 13.0 Å². The molecule has 1 aliphatic heterocycles. The van der Waals surface area contributed by atoms with Crippen LogP contribution >= 0.6 is 0 Å². The lowest BCUT2D eigenvalue weighted by Gasteiger charge is -2.23. The lowest BCUT2D eigenvalue weighted by molar-refractivity contribution is -0.137. The fourth-order valence-electron chi connectivity index (χ4n) is 3.05. The van der Waals surface area contributed by atoms with Crippen molar-refractivity contribution in [2.24, 2.45) is 5.92 Å². The summed E-state index contributed by atoms with van der Waals surface area (Å²) < 4.78 is 0. The van der Waals surface area contributed by atoms with Crippen LogP contribution in [0.4, 0.5) is 0 Å². The number of aromatic nitrogens is 1. The zero-order valence-electron chi connectivity index (χ0n) is 12.7. The molecule has 2 amide bonds. The highest BCUT2D eigenvalue weighted by atomic mass is 16.2. The summed E-state index contributed by atoms with van der Waals surface area (Å²) in [7, 11) is 0. The maximum Gasteiger partial charge on any atom is 0.232 e. The Balaban J connectivity index is 1.63. The molecule has 1 aliphatic rings. The second-order valence-electron chi connectivity index (χ2n) is 5.96. The first-order valence-electron chi connectivity index (χ1n) is 7.78. The van der Waals surface area contributed by atoms with Crippen LogP contribution < -0.4 is 10.6 Å². The van der Waals surface area contributed by atoms with Gasteiger partial charge >= 0.3 is 0 Å². The van der Waals surface area contributed by atoms with Gasteiger partial charge in [0, 0.05) is 29.7 Å². The quantitative estimate of drug-likeness (QED) is 0.752. The van der Waals surface area contributed by atoms with Crippen LogP contribution in [0.5, 0.6) is 0 Å². The number of nitrogens with one attached hydrogen (secondary N) is 3. The van der Waals surface area contributed by atoms with Crippen molar-refractivity contribution in [2.75, 3.05) is 6.54 Å². The van der Waals surface area contributed by atoms with Crippen molar-refractivity contribution in [2.45, 2.75) is 32.2 Å². The minimum Gasteiger partial charge on any atom is -0.361 e. The van der Waals surface area contributed by atoms with E-state index in [1.807, 2.05) is 31.3 Å². The third kappa shape index (κ3) is 2.98. The normalized spacial score (nSPS) is 19.7. The number of carbonyl (C=O) groups is 2. The Morgan fingerprint density at radius 2 is 2.23 bits per heavy atom. The highest BCUT2D eigenvalue weighted by Crippen LogP contribution is 2.19. The zero-order valence-corrected chi connectivity index (χ0v) is 12.7. The molecule has 1 saturated heterocycles. The van der Waals surface area contributed by atoms with E-state index in [1.54, 1.807) is 0 Å². The summed E-state index contributed by atoms with van der Waals surface area (Å²) >= 11 is 0. The molecule has 0 bridgehead atoms. The molecule has 0 radical (unpaired) electrons. The molecule has 116 valence electrons. The molecule has 5 nitrogen and oxygen atoms in total. The van der Waals surface area contributed by atoms with E-state index in [4.69, 9.17) is 0 Å². The Kier molecular flexibility index (Phi) is 4.13. The first-order chi connectivity index (χ1) is 10.6. The van der Waals surface area contributed by atoms with Crippen LogP contribution in [0, 0.1) is 5.92 Å². The summed E-state index contributed by atoms with van der Waals surface area (Å²) in [4.78, 5) is 27.2. The number of rotatable bonds is 4. The molecule has 0 saturated carbocycles. The van der Waals surface area contributed by atoms with Gasteiger partial charge in [0.1, 0.15) is 5.92 Å². The third-order valence-electron chi connectivity index (χ3n) is 4.19. The number of H-pyrrole nitrogens is 1. The maximum atomic E-state index is 12.2. The van der Waals surface area contributed by atoms with Crippen LogP contribution in [0.1, 0.15) is 25.3 Å². The molecule has 1 aromatic carbocycles. The molecule has 2 heterocycles. The van der Waals surface area contributed by atoms with Gasteiger partial charge in [-0.15, -0.1) is 0 Å². The molecule has 2 atom stereocenters. The first kappa shape index (κ1) is 14.6. The van der Waals surface area contributed by atoms with Crippen LogP contribution in [0.25, 0.3) is 10.9 Å². The summed E-state index contributed by atoms with van der Waals surface area (Å²) in [5.74, 6) is -0.855. The maximum absolute atomic E-state index is 12.2. The van der Waals surface area contributed by atoms with Gasteiger partial charge in [0.05, 0.1) is 0 Å². The van der Waals surface area contributed by atoms with Gasteiger partial charge in [-0.25, -0.2) is 0 Å². The molecule has 0 unspecified atom stereocenters. The standard InChI is InChI=1S/C17H21N3O2/c1-11(20-17(22)14-6-4-8-18-16(14)21)9-12-10-19-15-7-3-2-5-13(12)15/h2-3,5,7,10-11,14,19H,4,6,8-9H2,1H3,(H,18,21)(H,20,22)/t11-,14-/m0/s1. The highest BCUT2D eigenvalue weighted by Gasteiger charge is 2.29. The number of hydrogen-bond acceptors (Lipinski definition) is 2. The van der Waals surface area contributed by atoms with Gasteiger partial charge in [0.25, 0.3) is 0 Å². The van der Waals surface area contributed by atoms with Crippen molar-refractivity contribution in [1.29, 1.82) is 0 Å². The summed E-state index contributed by atoms with van der Waals surface area (Å²) in [6.07, 6.45) is 4.23. The fourth-order valence-corrected chi connectivity index (χ4v) is 3.05. The number of para-hydroxylation sites is 1. The molecule has 1 aromatic heterocycles. The summed E-state index contributed by atoms with van der Waals surface area (Å²) in [5.41, 5.74) is 2.28. The third-order valence-corrected chi connectivity index (χ3v) is 4.19. The van der Waals surface area contributed by atoms with Crippen LogP contribution in [0.3, 0.4) is 0 Å². The Bertz CT molecular complexity index is 692. The largest absolute Gasteiger partial charge is 0.361 e. The summed E-state index contributed by atoms with van der Waals surface area (Å²) in [5, 5.41) is 6.90. The average molecular weight is 299 g/mol. The monoisotopic (exact) mass is 299 g/mol. The highest BCUT2D eigenvalue weighted by molar-refractivity contribution is 6.00. The molecule has 0 aliphatic carbocycles. The van der Waals surface area contributed by atoms with Gasteiger partial charge in [-0.1, -0.05) is 18.2 Å². The number of aromatic amines is 1. The summed E-state index contributed by atoms with van der Waals surface area (Å²) in [6, 6.07) is 8.10. The predicted octanol–water partition coefficient (Wildman–Crippen LogP) is 1.74. The lowest BCUT2D eigenvalue weighted by Crippen LogP contribution is -2.47. The number of benzene rings is 1. The number of fused-ring (bicyclic) bond motifs is 1. The molecule has 22 heavy (non-hydrogen) atoms. The van der Waals surface area contributed by atoms with Gasteiger partial charge < -0.3 is 15.6 Å². The summed E-state index contributed by atoms with van der Waals surface area (Å²) in [6.45, 7) is 2.65. The van der Waals surface area contributed by atoms with Crippen molar-refractivity contribution < 1.29 is 9.59 Å². The van der Waals surface area contributed by atoms with E-state index in [9.17, 15) is 9.59 Å². The van der Waals surface area contributed by atoms with Crippen molar-refractivity contribution in [3.63, 3.8) is 0 Å². The number of amides is 2. The van der Waals surface area contributed by atoms with Gasteiger partial charge in [0.15, 0.2) is 0 Å². The zero-order chi connectivity index (χ0) is 15.5. The Morgan fingerprint density at radius 1 is 1.41 bits per heavy atom. The van der Waals surface area contributed by atoms with Crippen molar-refractivity contribution in [3.05, 3.63) is 36.0 Å². The SMILES string of the molecule is C[C@@H](Cc1c[nH]c2ccccc12)NC(=O)[C@H]1CCCNC1=O. The van der Waals surface area contributed by atoms with E-state index in [-0.39, 0.29) is 17.9 Å². The minimum absolute atomic E-state index is 0.0126. The average Bonchev–Trinajstić information content (AvgIpc) is 2.91. The second-order valence-corrected chi connectivity index (χ2v) is 5.96. The smallest absolute Gasteiger partial charge is 0.232 e. The molecule has 5 heteroatoms. The van der Waals surface area contributed by atoms with Crippen LogP contribution in [0.2, 0.25) is 0 Å². The van der Waals surface area contributed by atoms with E-state index >= 15 is 0 Å². The molecular weight excluding hydrogens is 278 g/mol. The fraction of sp³-hybridized carbons (Fsp3) is 0.412. The van der Waals surface area contributed by atoms with Crippen LogP contribution in [-0.2, 0) is 16.0 Å². The Morgan fingerprint density at radius 3 is 3.05 bits per heavy atom. The Hall–Kier alpha value is -2.30. The van der Waals surface area contributed by atoms with Gasteiger partial charge in [-0.2, -0.15) is 0 Å². The lowest BCUT2D eigenvalue weighted by atomic mass is 9.97. The number of hydrogen-bond donors (Lipinski definition) is 3. The van der Waals surface area contributed by atoms with Crippen molar-refractivity contribution >= 4 is 22.7 Å². The van der Waals surface area contributed by atoms with Gasteiger partial charge in [-0.05, 0) is 37.8 Å². The van der Waals surface area contributed by atoms with E-state index in [2.05, 4.69) is 21.7 Å². The predicted molar refractivity (Wildman–Crippen MR) is 85.3 cm³/mol. The van der Waals surface area contributed by atoms with Gasteiger partial charge in [0.2, 0.25) is 11.8 Å². The molecule has 3 N–H and O–H groups in total.